The number of hydrogen-bond acceptors (Lipinski definition) is 2. The molecule has 2 N–H and O–H groups in total. The summed E-state index contributed by atoms with van der Waals surface area (Å²) in [5.41, 5.74) is 8.16. The zero-order valence-corrected chi connectivity index (χ0v) is 10.5. The van der Waals surface area contributed by atoms with Crippen LogP contribution in [-0.4, -0.2) is 19.1 Å². The van der Waals surface area contributed by atoms with Crippen LogP contribution in [0.3, 0.4) is 0 Å². The van der Waals surface area contributed by atoms with Gasteiger partial charge in [-0.3, -0.25) is 0 Å². The van der Waals surface area contributed by atoms with Gasteiger partial charge in [0.1, 0.15) is 5.82 Å². The van der Waals surface area contributed by atoms with Crippen molar-refractivity contribution in [1.29, 1.82) is 0 Å². The Morgan fingerprint density at radius 2 is 2.29 bits per heavy atom. The summed E-state index contributed by atoms with van der Waals surface area (Å²) in [5.74, 6) is -0.151. The second-order valence-electron chi connectivity index (χ2n) is 4.75. The molecule has 0 saturated carbocycles. The van der Waals surface area contributed by atoms with Crippen molar-refractivity contribution in [3.05, 3.63) is 29.6 Å². The molecule has 1 aromatic carbocycles. The number of rotatable bonds is 5. The highest BCUT2D eigenvalue weighted by Gasteiger charge is 2.25. The SMILES string of the molecule is CCCCC(CN)N1CCc2ccc(F)cc21. The molecule has 17 heavy (non-hydrogen) atoms. The van der Waals surface area contributed by atoms with Gasteiger partial charge < -0.3 is 10.6 Å². The molecule has 0 fully saturated rings. The minimum atomic E-state index is -0.151. The molecule has 1 unspecified atom stereocenters. The average molecular weight is 236 g/mol. The molecular weight excluding hydrogens is 215 g/mol. The first-order valence-corrected chi connectivity index (χ1v) is 6.51. The van der Waals surface area contributed by atoms with Crippen molar-refractivity contribution in [2.75, 3.05) is 18.0 Å². The molecule has 0 saturated heterocycles. The Morgan fingerprint density at radius 1 is 1.47 bits per heavy atom. The lowest BCUT2D eigenvalue weighted by Crippen LogP contribution is -2.39. The smallest absolute Gasteiger partial charge is 0.125 e. The van der Waals surface area contributed by atoms with Crippen LogP contribution in [0.2, 0.25) is 0 Å². The van der Waals surface area contributed by atoms with E-state index in [4.69, 9.17) is 5.73 Å². The van der Waals surface area contributed by atoms with Crippen LogP contribution in [0.5, 0.6) is 0 Å². The van der Waals surface area contributed by atoms with E-state index in [-0.39, 0.29) is 5.82 Å². The molecule has 0 bridgehead atoms. The Balaban J connectivity index is 2.16. The Bertz CT molecular complexity index is 378. The van der Waals surface area contributed by atoms with Crippen molar-refractivity contribution in [1.82, 2.24) is 0 Å². The van der Waals surface area contributed by atoms with Crippen molar-refractivity contribution in [2.24, 2.45) is 5.73 Å². The second-order valence-corrected chi connectivity index (χ2v) is 4.75. The molecule has 1 atom stereocenters. The maximum atomic E-state index is 13.3. The first-order valence-electron chi connectivity index (χ1n) is 6.51. The van der Waals surface area contributed by atoms with Gasteiger partial charge in [0.05, 0.1) is 0 Å². The third-order valence-corrected chi connectivity index (χ3v) is 3.58. The summed E-state index contributed by atoms with van der Waals surface area (Å²) in [6.45, 7) is 3.81. The zero-order valence-electron chi connectivity index (χ0n) is 10.5. The van der Waals surface area contributed by atoms with Crippen molar-refractivity contribution >= 4 is 5.69 Å². The number of nitrogens with zero attached hydrogens (tertiary/aromatic N) is 1. The van der Waals surface area contributed by atoms with Gasteiger partial charge in [-0.2, -0.15) is 0 Å². The summed E-state index contributed by atoms with van der Waals surface area (Å²) in [6, 6.07) is 5.46. The number of anilines is 1. The molecule has 2 rings (SSSR count). The Kier molecular flexibility index (Phi) is 4.00. The van der Waals surface area contributed by atoms with Crippen molar-refractivity contribution in [3.63, 3.8) is 0 Å². The van der Waals surface area contributed by atoms with Crippen molar-refractivity contribution < 1.29 is 4.39 Å². The molecular formula is C14H21FN2. The lowest BCUT2D eigenvalue weighted by atomic mass is 10.1. The molecule has 2 nitrogen and oxygen atoms in total. The van der Waals surface area contributed by atoms with E-state index in [0.717, 1.165) is 25.1 Å². The van der Waals surface area contributed by atoms with E-state index in [9.17, 15) is 4.39 Å². The summed E-state index contributed by atoms with van der Waals surface area (Å²) in [7, 11) is 0. The maximum absolute atomic E-state index is 13.3. The number of halogens is 1. The predicted molar refractivity (Wildman–Crippen MR) is 69.8 cm³/mol. The van der Waals surface area contributed by atoms with E-state index in [1.165, 1.54) is 18.4 Å². The summed E-state index contributed by atoms with van der Waals surface area (Å²) in [6.07, 6.45) is 4.48. The molecule has 0 aromatic heterocycles. The monoisotopic (exact) mass is 236 g/mol. The van der Waals surface area contributed by atoms with Gasteiger partial charge in [0.25, 0.3) is 0 Å². The summed E-state index contributed by atoms with van der Waals surface area (Å²) in [5, 5.41) is 0. The van der Waals surface area contributed by atoms with E-state index in [2.05, 4.69) is 11.8 Å². The van der Waals surface area contributed by atoms with Crippen molar-refractivity contribution in [3.8, 4) is 0 Å². The number of nitrogens with two attached hydrogens (primary N) is 1. The second kappa shape index (κ2) is 5.50. The zero-order chi connectivity index (χ0) is 12.3. The van der Waals surface area contributed by atoms with Crippen LogP contribution < -0.4 is 10.6 Å². The minimum absolute atomic E-state index is 0.151. The minimum Gasteiger partial charge on any atom is -0.367 e. The van der Waals surface area contributed by atoms with E-state index >= 15 is 0 Å². The van der Waals surface area contributed by atoms with Crippen LogP contribution in [0.1, 0.15) is 31.7 Å². The predicted octanol–water partition coefficient (Wildman–Crippen LogP) is 2.71. The molecule has 0 amide bonds. The highest BCUT2D eigenvalue weighted by atomic mass is 19.1. The van der Waals surface area contributed by atoms with Crippen LogP contribution in [0, 0.1) is 5.82 Å². The van der Waals surface area contributed by atoms with Crippen molar-refractivity contribution in [2.45, 2.75) is 38.6 Å². The molecule has 94 valence electrons. The van der Waals surface area contributed by atoms with Gasteiger partial charge in [-0.25, -0.2) is 4.39 Å². The largest absolute Gasteiger partial charge is 0.367 e. The summed E-state index contributed by atoms with van der Waals surface area (Å²) < 4.78 is 13.3. The molecule has 1 heterocycles. The maximum Gasteiger partial charge on any atom is 0.125 e. The highest BCUT2D eigenvalue weighted by Crippen LogP contribution is 2.31. The molecule has 0 aliphatic carbocycles. The van der Waals surface area contributed by atoms with E-state index in [0.29, 0.717) is 12.6 Å². The van der Waals surface area contributed by atoms with Crippen LogP contribution >= 0.6 is 0 Å². The molecule has 1 aliphatic heterocycles. The third-order valence-electron chi connectivity index (χ3n) is 3.58. The standard InChI is InChI=1S/C14H21FN2/c1-2-3-4-13(10-16)17-8-7-11-5-6-12(15)9-14(11)17/h5-6,9,13H,2-4,7-8,10,16H2,1H3. The highest BCUT2D eigenvalue weighted by molar-refractivity contribution is 5.59. The number of unbranched alkanes of at least 4 members (excludes halogenated alkanes) is 1. The Morgan fingerprint density at radius 3 is 3.00 bits per heavy atom. The van der Waals surface area contributed by atoms with Gasteiger partial charge in [-0.05, 0) is 30.5 Å². The Hall–Kier alpha value is -1.09. The number of hydrogen-bond donors (Lipinski definition) is 1. The number of fused-ring (bicyclic) bond motifs is 1. The van der Waals surface area contributed by atoms with Gasteiger partial charge in [0.2, 0.25) is 0 Å². The lowest BCUT2D eigenvalue weighted by Gasteiger charge is -2.29. The summed E-state index contributed by atoms with van der Waals surface area (Å²) in [4.78, 5) is 2.29. The van der Waals surface area contributed by atoms with Gasteiger partial charge >= 0.3 is 0 Å². The molecule has 3 heteroatoms. The van der Waals surface area contributed by atoms with Gasteiger partial charge in [-0.1, -0.05) is 25.8 Å². The summed E-state index contributed by atoms with van der Waals surface area (Å²) >= 11 is 0. The van der Waals surface area contributed by atoms with E-state index in [1.807, 2.05) is 6.07 Å². The van der Waals surface area contributed by atoms with Gasteiger partial charge in [-0.15, -0.1) is 0 Å². The fourth-order valence-electron chi connectivity index (χ4n) is 2.60. The van der Waals surface area contributed by atoms with E-state index < -0.39 is 0 Å². The Labute approximate surface area is 103 Å². The lowest BCUT2D eigenvalue weighted by molar-refractivity contribution is 0.542. The van der Waals surface area contributed by atoms with Crippen LogP contribution in [0.15, 0.2) is 18.2 Å². The fraction of sp³-hybridized carbons (Fsp3) is 0.571. The molecule has 1 aliphatic rings. The van der Waals surface area contributed by atoms with Gasteiger partial charge in [0, 0.05) is 24.8 Å². The molecule has 1 aromatic rings. The van der Waals surface area contributed by atoms with Gasteiger partial charge in [0.15, 0.2) is 0 Å². The third kappa shape index (κ3) is 2.60. The van der Waals surface area contributed by atoms with Crippen LogP contribution in [-0.2, 0) is 6.42 Å². The van der Waals surface area contributed by atoms with Crippen LogP contribution in [0.4, 0.5) is 10.1 Å². The first kappa shape index (κ1) is 12.4. The quantitative estimate of drug-likeness (QED) is 0.851. The topological polar surface area (TPSA) is 29.3 Å². The van der Waals surface area contributed by atoms with E-state index in [1.54, 1.807) is 12.1 Å². The normalized spacial score (nSPS) is 16.1. The molecule has 0 radical (unpaired) electrons. The fourth-order valence-corrected chi connectivity index (χ4v) is 2.60. The first-order chi connectivity index (χ1) is 8.26. The average Bonchev–Trinajstić information content (AvgIpc) is 2.73. The molecule has 0 spiro atoms. The number of benzene rings is 1. The van der Waals surface area contributed by atoms with Crippen LogP contribution in [0.25, 0.3) is 0 Å².